The number of pyridine rings is 1. The average molecular weight is 224 g/mol. The van der Waals surface area contributed by atoms with E-state index in [4.69, 9.17) is 10.5 Å². The molecule has 1 aliphatic rings. The summed E-state index contributed by atoms with van der Waals surface area (Å²) in [5.41, 5.74) is 8.03. The maximum absolute atomic E-state index is 5.73. The lowest BCUT2D eigenvalue weighted by atomic mass is 9.97. The smallest absolute Gasteiger partial charge is 0.0961 e. The van der Waals surface area contributed by atoms with E-state index >= 15 is 0 Å². The molecule has 0 amide bonds. The fourth-order valence-electron chi connectivity index (χ4n) is 1.92. The van der Waals surface area contributed by atoms with E-state index in [2.05, 4.69) is 17.1 Å². The summed E-state index contributed by atoms with van der Waals surface area (Å²) in [7, 11) is 0. The summed E-state index contributed by atoms with van der Waals surface area (Å²) in [4.78, 5) is 4.54. The SMILES string of the molecule is CSc1ccc([C@@H]2CCOC2)c(CN)n1. The Labute approximate surface area is 94.4 Å². The highest BCUT2D eigenvalue weighted by atomic mass is 32.2. The lowest BCUT2D eigenvalue weighted by molar-refractivity contribution is 0.193. The largest absolute Gasteiger partial charge is 0.381 e. The third-order valence-corrected chi connectivity index (χ3v) is 3.40. The number of hydrogen-bond acceptors (Lipinski definition) is 4. The van der Waals surface area contributed by atoms with Crippen LogP contribution in [0.15, 0.2) is 17.2 Å². The number of hydrogen-bond donors (Lipinski definition) is 1. The summed E-state index contributed by atoms with van der Waals surface area (Å²) in [6.07, 6.45) is 3.12. The number of ether oxygens (including phenoxy) is 1. The van der Waals surface area contributed by atoms with Crippen LogP contribution in [0, 0.1) is 0 Å². The van der Waals surface area contributed by atoms with E-state index in [9.17, 15) is 0 Å². The van der Waals surface area contributed by atoms with Crippen LogP contribution in [0.1, 0.15) is 23.6 Å². The Morgan fingerprint density at radius 3 is 3.07 bits per heavy atom. The van der Waals surface area contributed by atoms with E-state index in [0.717, 1.165) is 30.4 Å². The first-order valence-corrected chi connectivity index (χ1v) is 6.39. The van der Waals surface area contributed by atoms with Crippen molar-refractivity contribution in [3.8, 4) is 0 Å². The van der Waals surface area contributed by atoms with Crippen LogP contribution in [-0.2, 0) is 11.3 Å². The number of thioether (sulfide) groups is 1. The minimum absolute atomic E-state index is 0.493. The maximum Gasteiger partial charge on any atom is 0.0961 e. The monoisotopic (exact) mass is 224 g/mol. The average Bonchev–Trinajstić information content (AvgIpc) is 2.81. The summed E-state index contributed by atoms with van der Waals surface area (Å²) in [5.74, 6) is 0.493. The topological polar surface area (TPSA) is 48.1 Å². The molecule has 1 aromatic rings. The van der Waals surface area contributed by atoms with Gasteiger partial charge in [0.2, 0.25) is 0 Å². The zero-order valence-electron chi connectivity index (χ0n) is 8.90. The molecule has 1 aromatic heterocycles. The molecule has 0 saturated carbocycles. The van der Waals surface area contributed by atoms with E-state index in [1.807, 2.05) is 6.26 Å². The number of rotatable bonds is 3. The second-order valence-electron chi connectivity index (χ2n) is 3.65. The molecule has 4 heteroatoms. The molecule has 2 rings (SSSR count). The van der Waals surface area contributed by atoms with E-state index in [-0.39, 0.29) is 0 Å². The first-order valence-electron chi connectivity index (χ1n) is 5.16. The molecule has 0 radical (unpaired) electrons. The summed E-state index contributed by atoms with van der Waals surface area (Å²) in [6.45, 7) is 2.19. The van der Waals surface area contributed by atoms with Crippen LogP contribution in [0.4, 0.5) is 0 Å². The van der Waals surface area contributed by atoms with Crippen LogP contribution < -0.4 is 5.73 Å². The van der Waals surface area contributed by atoms with Gasteiger partial charge >= 0.3 is 0 Å². The minimum atomic E-state index is 0.493. The molecule has 1 atom stereocenters. The lowest BCUT2D eigenvalue weighted by Crippen LogP contribution is -2.09. The molecule has 0 aliphatic carbocycles. The van der Waals surface area contributed by atoms with Gasteiger partial charge in [-0.3, -0.25) is 0 Å². The molecule has 1 fully saturated rings. The zero-order valence-corrected chi connectivity index (χ0v) is 9.72. The molecule has 3 nitrogen and oxygen atoms in total. The van der Waals surface area contributed by atoms with Gasteiger partial charge in [0.1, 0.15) is 0 Å². The first kappa shape index (κ1) is 10.9. The highest BCUT2D eigenvalue weighted by Gasteiger charge is 2.20. The van der Waals surface area contributed by atoms with Crippen LogP contribution in [0.5, 0.6) is 0 Å². The van der Waals surface area contributed by atoms with Crippen molar-refractivity contribution in [1.29, 1.82) is 0 Å². The van der Waals surface area contributed by atoms with E-state index in [1.165, 1.54) is 5.56 Å². The van der Waals surface area contributed by atoms with E-state index in [1.54, 1.807) is 11.8 Å². The summed E-state index contributed by atoms with van der Waals surface area (Å²) in [6, 6.07) is 4.22. The van der Waals surface area contributed by atoms with Crippen molar-refractivity contribution in [3.63, 3.8) is 0 Å². The second-order valence-corrected chi connectivity index (χ2v) is 4.48. The number of aromatic nitrogens is 1. The third kappa shape index (κ3) is 2.33. The highest BCUT2D eigenvalue weighted by Crippen LogP contribution is 2.28. The van der Waals surface area contributed by atoms with Gasteiger partial charge in [-0.05, 0) is 24.3 Å². The number of nitrogens with two attached hydrogens (primary N) is 1. The van der Waals surface area contributed by atoms with Crippen molar-refractivity contribution in [2.75, 3.05) is 19.5 Å². The van der Waals surface area contributed by atoms with Crippen LogP contribution in [0.2, 0.25) is 0 Å². The normalized spacial score (nSPS) is 20.8. The van der Waals surface area contributed by atoms with Crippen molar-refractivity contribution in [2.45, 2.75) is 23.9 Å². The van der Waals surface area contributed by atoms with Gasteiger partial charge in [0.15, 0.2) is 0 Å². The van der Waals surface area contributed by atoms with Crippen molar-refractivity contribution < 1.29 is 4.74 Å². The molecular weight excluding hydrogens is 208 g/mol. The van der Waals surface area contributed by atoms with Gasteiger partial charge in [0, 0.05) is 19.1 Å². The zero-order chi connectivity index (χ0) is 10.7. The predicted octanol–water partition coefficient (Wildman–Crippen LogP) is 1.77. The predicted molar refractivity (Wildman–Crippen MR) is 62.1 cm³/mol. The van der Waals surface area contributed by atoms with Gasteiger partial charge in [0.05, 0.1) is 17.3 Å². The standard InChI is InChI=1S/C11H16N2OS/c1-15-11-3-2-9(10(6-12)13-11)8-4-5-14-7-8/h2-3,8H,4-7,12H2,1H3/t8-/m1/s1. The van der Waals surface area contributed by atoms with Gasteiger partial charge in [-0.15, -0.1) is 11.8 Å². The second kappa shape index (κ2) is 4.96. The minimum Gasteiger partial charge on any atom is -0.381 e. The Hall–Kier alpha value is -0.580. The Morgan fingerprint density at radius 1 is 1.60 bits per heavy atom. The molecule has 0 bridgehead atoms. The van der Waals surface area contributed by atoms with Crippen LogP contribution in [0.3, 0.4) is 0 Å². The van der Waals surface area contributed by atoms with E-state index in [0.29, 0.717) is 12.5 Å². The molecule has 1 aliphatic heterocycles. The summed E-state index contributed by atoms with van der Waals surface area (Å²) in [5, 5.41) is 1.04. The van der Waals surface area contributed by atoms with Gasteiger partial charge in [-0.1, -0.05) is 6.07 Å². The maximum atomic E-state index is 5.73. The molecule has 1 saturated heterocycles. The fourth-order valence-corrected chi connectivity index (χ4v) is 2.33. The van der Waals surface area contributed by atoms with Crippen molar-refractivity contribution >= 4 is 11.8 Å². The Kier molecular flexibility index (Phi) is 3.61. The van der Waals surface area contributed by atoms with Crippen LogP contribution >= 0.6 is 11.8 Å². The molecule has 2 heterocycles. The quantitative estimate of drug-likeness (QED) is 0.795. The molecule has 82 valence electrons. The Balaban J connectivity index is 2.29. The Bertz CT molecular complexity index is 337. The van der Waals surface area contributed by atoms with Crippen LogP contribution in [0.25, 0.3) is 0 Å². The van der Waals surface area contributed by atoms with Crippen molar-refractivity contribution in [2.24, 2.45) is 5.73 Å². The molecular formula is C11H16N2OS. The van der Waals surface area contributed by atoms with Gasteiger partial charge in [0.25, 0.3) is 0 Å². The third-order valence-electron chi connectivity index (χ3n) is 2.76. The number of nitrogens with zero attached hydrogens (tertiary/aromatic N) is 1. The Morgan fingerprint density at radius 2 is 2.47 bits per heavy atom. The van der Waals surface area contributed by atoms with Crippen molar-refractivity contribution in [3.05, 3.63) is 23.4 Å². The van der Waals surface area contributed by atoms with Gasteiger partial charge in [-0.25, -0.2) is 4.98 Å². The van der Waals surface area contributed by atoms with E-state index < -0.39 is 0 Å². The van der Waals surface area contributed by atoms with Crippen molar-refractivity contribution in [1.82, 2.24) is 4.98 Å². The summed E-state index contributed by atoms with van der Waals surface area (Å²) >= 11 is 1.65. The highest BCUT2D eigenvalue weighted by molar-refractivity contribution is 7.98. The van der Waals surface area contributed by atoms with Gasteiger partial charge in [-0.2, -0.15) is 0 Å². The molecule has 15 heavy (non-hydrogen) atoms. The molecule has 0 spiro atoms. The first-order chi connectivity index (χ1) is 7.35. The molecule has 2 N–H and O–H groups in total. The molecule has 0 aromatic carbocycles. The molecule has 0 unspecified atom stereocenters. The lowest BCUT2D eigenvalue weighted by Gasteiger charge is -2.13. The van der Waals surface area contributed by atoms with Crippen LogP contribution in [-0.4, -0.2) is 24.5 Å². The van der Waals surface area contributed by atoms with Gasteiger partial charge < -0.3 is 10.5 Å². The summed E-state index contributed by atoms with van der Waals surface area (Å²) < 4.78 is 5.39. The fraction of sp³-hybridized carbons (Fsp3) is 0.545.